The number of likely N-dealkylation sites (N-methyl/N-ethyl adjacent to an activating group) is 1. The number of thiophene rings is 1. The highest BCUT2D eigenvalue weighted by Gasteiger charge is 2.38. The lowest BCUT2D eigenvalue weighted by molar-refractivity contribution is -0.112. The largest absolute Gasteiger partial charge is 0.383 e. The number of hydrogen-bond acceptors (Lipinski definition) is 7. The Balaban J connectivity index is 1.53. The van der Waals surface area contributed by atoms with Gasteiger partial charge in [0.1, 0.15) is 10.6 Å². The highest BCUT2D eigenvalue weighted by atomic mass is 32.2. The second-order valence-corrected chi connectivity index (χ2v) is 8.85. The van der Waals surface area contributed by atoms with Crippen LogP contribution in [0.4, 0.5) is 11.5 Å². The average molecular weight is 397 g/mol. The molecule has 0 aliphatic carbocycles. The summed E-state index contributed by atoms with van der Waals surface area (Å²) in [7, 11) is 2.01. The molecule has 3 heterocycles. The maximum Gasteiger partial charge on any atom is 0.191 e. The van der Waals surface area contributed by atoms with Crippen LogP contribution in [0.25, 0.3) is 10.2 Å². The first kappa shape index (κ1) is 18.0. The van der Waals surface area contributed by atoms with Crippen molar-refractivity contribution in [1.29, 1.82) is 0 Å². The van der Waals surface area contributed by atoms with Gasteiger partial charge in [-0.3, -0.25) is 4.79 Å². The molecule has 0 amide bonds. The number of hydrogen-bond donors (Lipinski definition) is 1. The van der Waals surface area contributed by atoms with Gasteiger partial charge in [0.25, 0.3) is 0 Å². The number of aromatic nitrogens is 2. The molecule has 0 bridgehead atoms. The first-order valence-electron chi connectivity index (χ1n) is 8.59. The molecule has 0 atom stereocenters. The van der Waals surface area contributed by atoms with Gasteiger partial charge in [-0.05, 0) is 23.1 Å². The van der Waals surface area contributed by atoms with Crippen molar-refractivity contribution >= 4 is 50.6 Å². The van der Waals surface area contributed by atoms with Crippen molar-refractivity contribution in [2.24, 2.45) is 0 Å². The zero-order chi connectivity index (χ0) is 19.2. The summed E-state index contributed by atoms with van der Waals surface area (Å²) in [5.41, 5.74) is 9.16. The minimum absolute atomic E-state index is 0.0381. The van der Waals surface area contributed by atoms with E-state index in [1.807, 2.05) is 30.6 Å². The van der Waals surface area contributed by atoms with E-state index in [0.29, 0.717) is 11.0 Å². The van der Waals surface area contributed by atoms with E-state index in [4.69, 9.17) is 5.73 Å². The van der Waals surface area contributed by atoms with Crippen molar-refractivity contribution in [3.05, 3.63) is 53.0 Å². The second-order valence-electron chi connectivity index (χ2n) is 7.02. The number of ketones is 1. The molecule has 3 aromatic rings. The normalized spacial score (nSPS) is 16.9. The second kappa shape index (κ2) is 6.65. The Morgan fingerprint density at radius 2 is 2.07 bits per heavy atom. The Morgan fingerprint density at radius 3 is 2.85 bits per heavy atom. The fourth-order valence-corrected chi connectivity index (χ4v) is 5.01. The van der Waals surface area contributed by atoms with Crippen molar-refractivity contribution in [3.8, 4) is 0 Å². The lowest BCUT2D eigenvalue weighted by atomic mass is 9.83. The van der Waals surface area contributed by atoms with Crippen LogP contribution in [0, 0.1) is 0 Å². The van der Waals surface area contributed by atoms with Gasteiger partial charge < -0.3 is 10.6 Å². The summed E-state index contributed by atoms with van der Waals surface area (Å²) in [5.74, 6) is 0.776. The van der Waals surface area contributed by atoms with Gasteiger partial charge in [0.2, 0.25) is 0 Å². The molecular formula is C20H20N4OS2. The summed E-state index contributed by atoms with van der Waals surface area (Å²) < 4.78 is 0. The lowest BCUT2D eigenvalue weighted by Gasteiger charge is -2.23. The minimum Gasteiger partial charge on any atom is -0.383 e. The third-order valence-corrected chi connectivity index (χ3v) is 6.59. The van der Waals surface area contributed by atoms with E-state index in [0.717, 1.165) is 21.6 Å². The zero-order valence-corrected chi connectivity index (χ0v) is 17.0. The summed E-state index contributed by atoms with van der Waals surface area (Å²) in [5, 5.41) is 3.34. The number of allylic oxidation sites excluding steroid dienone is 2. The van der Waals surface area contributed by atoms with Crippen LogP contribution in [0.1, 0.15) is 19.4 Å². The van der Waals surface area contributed by atoms with Gasteiger partial charge in [-0.2, -0.15) is 0 Å². The van der Waals surface area contributed by atoms with Crippen LogP contribution in [-0.4, -0.2) is 28.6 Å². The van der Waals surface area contributed by atoms with E-state index >= 15 is 0 Å². The highest BCUT2D eigenvalue weighted by Crippen LogP contribution is 2.46. The molecule has 27 heavy (non-hydrogen) atoms. The van der Waals surface area contributed by atoms with E-state index in [2.05, 4.69) is 40.8 Å². The van der Waals surface area contributed by atoms with Crippen LogP contribution >= 0.6 is 23.1 Å². The molecule has 1 aliphatic rings. The number of fused-ring (bicyclic) bond motifs is 2. The number of carbonyl (C=O) groups excluding carboxylic acids is 1. The van der Waals surface area contributed by atoms with Crippen LogP contribution < -0.4 is 10.6 Å². The molecule has 2 aromatic heterocycles. The number of rotatable bonds is 4. The van der Waals surface area contributed by atoms with Crippen LogP contribution in [0.3, 0.4) is 0 Å². The Hall–Kier alpha value is -2.38. The molecule has 138 valence electrons. The first-order valence-corrected chi connectivity index (χ1v) is 10.5. The summed E-state index contributed by atoms with van der Waals surface area (Å²) >= 11 is 2.84. The van der Waals surface area contributed by atoms with E-state index in [-0.39, 0.29) is 17.0 Å². The number of nitrogen functional groups attached to an aromatic ring is 1. The number of para-hydroxylation sites is 1. The van der Waals surface area contributed by atoms with Gasteiger partial charge in [0.15, 0.2) is 10.9 Å². The molecule has 0 saturated heterocycles. The Labute approximate surface area is 166 Å². The maximum absolute atomic E-state index is 12.6. The van der Waals surface area contributed by atoms with Gasteiger partial charge in [0, 0.05) is 29.9 Å². The molecule has 4 rings (SSSR count). The van der Waals surface area contributed by atoms with Crippen molar-refractivity contribution in [2.75, 3.05) is 23.4 Å². The monoisotopic (exact) mass is 396 g/mol. The average Bonchev–Trinajstić information content (AvgIpc) is 3.19. The number of nitrogens with zero attached hydrogens (tertiary/aromatic N) is 3. The number of thioether (sulfide) groups is 1. The molecule has 2 N–H and O–H groups in total. The SMILES string of the molecule is CN1C(=CC(=O)CSc2nc(N)c3ccsc3n2)C(C)(C)c2ccccc21. The standard InChI is InChI=1S/C20H20N4OS2/c1-20(2)14-6-4-5-7-15(14)24(3)16(20)10-12(25)11-27-19-22-17(21)13-8-9-26-18(13)23-19/h4-10H,11H2,1-3H3,(H2,21,22,23). The van der Waals surface area contributed by atoms with Gasteiger partial charge >= 0.3 is 0 Å². The lowest BCUT2D eigenvalue weighted by Crippen LogP contribution is -2.24. The number of anilines is 2. The quantitative estimate of drug-likeness (QED) is 0.404. The summed E-state index contributed by atoms with van der Waals surface area (Å²) in [6.45, 7) is 4.30. The zero-order valence-electron chi connectivity index (χ0n) is 15.4. The summed E-state index contributed by atoms with van der Waals surface area (Å²) in [4.78, 5) is 24.4. The molecule has 1 aliphatic heterocycles. The number of carbonyl (C=O) groups is 1. The third kappa shape index (κ3) is 3.11. The first-order chi connectivity index (χ1) is 12.9. The molecule has 1 aromatic carbocycles. The molecule has 0 spiro atoms. The van der Waals surface area contributed by atoms with E-state index in [1.54, 1.807) is 6.08 Å². The van der Waals surface area contributed by atoms with Gasteiger partial charge in [-0.25, -0.2) is 9.97 Å². The Morgan fingerprint density at radius 1 is 1.30 bits per heavy atom. The molecule has 0 fully saturated rings. The summed E-state index contributed by atoms with van der Waals surface area (Å²) in [6, 6.07) is 10.2. The van der Waals surface area contributed by atoms with Crippen molar-refractivity contribution < 1.29 is 4.79 Å². The third-order valence-electron chi connectivity index (χ3n) is 4.92. The molecule has 0 saturated carbocycles. The Bertz CT molecular complexity index is 1070. The molecule has 0 radical (unpaired) electrons. The van der Waals surface area contributed by atoms with Gasteiger partial charge in [-0.15, -0.1) is 11.3 Å². The molecule has 7 heteroatoms. The van der Waals surface area contributed by atoms with E-state index in [1.165, 1.54) is 28.7 Å². The summed E-state index contributed by atoms with van der Waals surface area (Å²) in [6.07, 6.45) is 1.75. The van der Waals surface area contributed by atoms with Crippen LogP contribution in [-0.2, 0) is 10.2 Å². The fraction of sp³-hybridized carbons (Fsp3) is 0.250. The van der Waals surface area contributed by atoms with Crippen LogP contribution in [0.2, 0.25) is 0 Å². The van der Waals surface area contributed by atoms with Crippen molar-refractivity contribution in [3.63, 3.8) is 0 Å². The fourth-order valence-electron chi connectivity index (χ4n) is 3.51. The van der Waals surface area contributed by atoms with E-state index < -0.39 is 0 Å². The van der Waals surface area contributed by atoms with Gasteiger partial charge in [0.05, 0.1) is 11.1 Å². The Kier molecular flexibility index (Phi) is 4.44. The van der Waals surface area contributed by atoms with Gasteiger partial charge in [-0.1, -0.05) is 43.8 Å². The van der Waals surface area contributed by atoms with Crippen molar-refractivity contribution in [1.82, 2.24) is 9.97 Å². The predicted octanol–water partition coefficient (Wildman–Crippen LogP) is 4.25. The predicted molar refractivity (Wildman–Crippen MR) is 114 cm³/mol. The molecule has 5 nitrogen and oxygen atoms in total. The molecule has 0 unspecified atom stereocenters. The number of nitrogens with two attached hydrogens (primary N) is 1. The van der Waals surface area contributed by atoms with Crippen LogP contribution in [0.15, 0.2) is 52.6 Å². The number of benzene rings is 1. The highest BCUT2D eigenvalue weighted by molar-refractivity contribution is 7.99. The minimum atomic E-state index is -0.206. The van der Waals surface area contributed by atoms with Crippen molar-refractivity contribution in [2.45, 2.75) is 24.4 Å². The topological polar surface area (TPSA) is 72.1 Å². The maximum atomic E-state index is 12.6. The van der Waals surface area contributed by atoms with E-state index in [9.17, 15) is 4.79 Å². The van der Waals surface area contributed by atoms with Crippen LogP contribution in [0.5, 0.6) is 0 Å². The molecular weight excluding hydrogens is 376 g/mol. The smallest absolute Gasteiger partial charge is 0.191 e.